The maximum absolute atomic E-state index is 13.5. The lowest BCUT2D eigenvalue weighted by atomic mass is 9.98. The van der Waals surface area contributed by atoms with E-state index < -0.39 is 23.5 Å². The topological polar surface area (TPSA) is 91.0 Å². The number of carbonyl (C=O) groups is 2. The van der Waals surface area contributed by atoms with Gasteiger partial charge in [-0.25, -0.2) is 0 Å². The molecule has 6 nitrogen and oxygen atoms in total. The summed E-state index contributed by atoms with van der Waals surface area (Å²) in [5, 5.41) is 23.8. The molecular weight excluding hydrogens is 414 g/mol. The first-order valence-electron chi connectivity index (χ1n) is 9.59. The predicted molar refractivity (Wildman–Crippen MR) is 118 cm³/mol. The van der Waals surface area contributed by atoms with E-state index in [1.165, 1.54) is 22.3 Å². The molecule has 0 aliphatic carbocycles. The number of aryl methyl sites for hydroxylation is 1. The lowest BCUT2D eigenvalue weighted by molar-refractivity contribution is -0.117. The summed E-state index contributed by atoms with van der Waals surface area (Å²) < 4.78 is 5.72. The van der Waals surface area contributed by atoms with E-state index in [-0.39, 0.29) is 22.8 Å². The number of hydrogen-bond donors (Lipinski definition) is 2. The van der Waals surface area contributed by atoms with E-state index in [0.29, 0.717) is 5.58 Å². The highest BCUT2D eigenvalue weighted by molar-refractivity contribution is 7.10. The van der Waals surface area contributed by atoms with Gasteiger partial charge in [-0.1, -0.05) is 30.3 Å². The number of rotatable bonds is 4. The molecule has 1 aliphatic rings. The standard InChI is InChI=1S/C24H17NO5S/c1-13-10-11-31-23(13)20-19(21(27)18-12-14-6-2-5-9-17(14)30-18)22(28)24(29)25(20)15-7-3-4-8-16(15)26/h2-12,20,26,28H,1H3. The number of aromatic hydroxyl groups is 1. The molecule has 1 atom stereocenters. The van der Waals surface area contributed by atoms with Gasteiger partial charge in [0.25, 0.3) is 5.91 Å². The monoisotopic (exact) mass is 431 g/mol. The number of fused-ring (bicyclic) bond motifs is 1. The van der Waals surface area contributed by atoms with Crippen molar-refractivity contribution < 1.29 is 24.2 Å². The highest BCUT2D eigenvalue weighted by Crippen LogP contribution is 2.46. The largest absolute Gasteiger partial charge is 0.506 e. The van der Waals surface area contributed by atoms with Crippen molar-refractivity contribution in [2.45, 2.75) is 13.0 Å². The normalized spacial score (nSPS) is 16.5. The van der Waals surface area contributed by atoms with Crippen molar-refractivity contribution in [3.05, 3.63) is 93.6 Å². The van der Waals surface area contributed by atoms with Gasteiger partial charge < -0.3 is 14.6 Å². The van der Waals surface area contributed by atoms with Gasteiger partial charge in [-0.2, -0.15) is 0 Å². The van der Waals surface area contributed by atoms with Gasteiger partial charge in [0.1, 0.15) is 17.4 Å². The molecule has 0 radical (unpaired) electrons. The summed E-state index contributed by atoms with van der Waals surface area (Å²) in [5.41, 5.74) is 1.55. The summed E-state index contributed by atoms with van der Waals surface area (Å²) >= 11 is 1.37. The number of para-hydroxylation sites is 3. The number of anilines is 1. The highest BCUT2D eigenvalue weighted by Gasteiger charge is 2.47. The molecule has 4 aromatic rings. The quantitative estimate of drug-likeness (QED) is 0.429. The number of furan rings is 1. The van der Waals surface area contributed by atoms with Crippen LogP contribution in [0.25, 0.3) is 11.0 Å². The van der Waals surface area contributed by atoms with Gasteiger partial charge in [-0.15, -0.1) is 11.3 Å². The Bertz CT molecular complexity index is 1350. The number of phenols is 1. The van der Waals surface area contributed by atoms with Crippen molar-refractivity contribution in [2.75, 3.05) is 4.90 Å². The van der Waals surface area contributed by atoms with Crippen LogP contribution in [0.4, 0.5) is 5.69 Å². The van der Waals surface area contributed by atoms with E-state index >= 15 is 0 Å². The number of Topliss-reactive ketones (excluding diaryl/α,β-unsaturated/α-hetero) is 1. The van der Waals surface area contributed by atoms with E-state index in [1.807, 2.05) is 30.5 Å². The molecule has 2 N–H and O–H groups in total. The zero-order valence-corrected chi connectivity index (χ0v) is 17.2. The number of aliphatic hydroxyl groups excluding tert-OH is 1. The Balaban J connectivity index is 1.69. The van der Waals surface area contributed by atoms with Crippen molar-refractivity contribution >= 4 is 39.7 Å². The highest BCUT2D eigenvalue weighted by atomic mass is 32.1. The smallest absolute Gasteiger partial charge is 0.294 e. The summed E-state index contributed by atoms with van der Waals surface area (Å²) in [4.78, 5) is 28.6. The van der Waals surface area contributed by atoms with Crippen molar-refractivity contribution in [1.82, 2.24) is 0 Å². The second kappa shape index (κ2) is 7.14. The van der Waals surface area contributed by atoms with Gasteiger partial charge in [-0.05, 0) is 48.2 Å². The van der Waals surface area contributed by atoms with Crippen molar-refractivity contribution in [1.29, 1.82) is 0 Å². The predicted octanol–water partition coefficient (Wildman–Crippen LogP) is 5.29. The van der Waals surface area contributed by atoms with Gasteiger partial charge in [0.15, 0.2) is 11.5 Å². The fraction of sp³-hybridized carbons (Fsp3) is 0.0833. The molecule has 31 heavy (non-hydrogen) atoms. The SMILES string of the molecule is Cc1ccsc1C1C(C(=O)c2cc3ccccc3o2)=C(O)C(=O)N1c1ccccc1O. The number of hydrogen-bond acceptors (Lipinski definition) is 6. The molecule has 0 spiro atoms. The molecule has 1 aliphatic heterocycles. The van der Waals surface area contributed by atoms with Gasteiger partial charge in [0.05, 0.1) is 11.3 Å². The Kier molecular flexibility index (Phi) is 4.41. The van der Waals surface area contributed by atoms with Gasteiger partial charge in [0.2, 0.25) is 5.78 Å². The number of amides is 1. The van der Waals surface area contributed by atoms with E-state index in [9.17, 15) is 19.8 Å². The molecule has 0 fully saturated rings. The molecule has 0 bridgehead atoms. The number of aliphatic hydroxyl groups is 1. The van der Waals surface area contributed by atoms with Crippen LogP contribution in [0.2, 0.25) is 0 Å². The first-order valence-corrected chi connectivity index (χ1v) is 10.5. The summed E-state index contributed by atoms with van der Waals surface area (Å²) in [6.45, 7) is 1.87. The fourth-order valence-corrected chi connectivity index (χ4v) is 4.92. The first kappa shape index (κ1) is 19.1. The maximum Gasteiger partial charge on any atom is 0.294 e. The second-order valence-corrected chi connectivity index (χ2v) is 8.22. The molecule has 2 aromatic heterocycles. The molecule has 7 heteroatoms. The lowest BCUT2D eigenvalue weighted by Gasteiger charge is -2.26. The minimum absolute atomic E-state index is 0.0360. The number of nitrogens with zero attached hydrogens (tertiary/aromatic N) is 1. The average Bonchev–Trinajstić information content (AvgIpc) is 3.45. The second-order valence-electron chi connectivity index (χ2n) is 7.27. The van der Waals surface area contributed by atoms with E-state index in [1.54, 1.807) is 36.4 Å². The van der Waals surface area contributed by atoms with Crippen LogP contribution < -0.4 is 4.90 Å². The minimum Gasteiger partial charge on any atom is -0.506 e. The van der Waals surface area contributed by atoms with Gasteiger partial charge in [-0.3, -0.25) is 14.5 Å². The van der Waals surface area contributed by atoms with Crippen LogP contribution >= 0.6 is 11.3 Å². The molecule has 0 saturated carbocycles. The number of carbonyl (C=O) groups excluding carboxylic acids is 2. The number of thiophene rings is 1. The van der Waals surface area contributed by atoms with E-state index in [0.717, 1.165) is 15.8 Å². The van der Waals surface area contributed by atoms with Crippen LogP contribution in [0.15, 0.2) is 81.8 Å². The maximum atomic E-state index is 13.5. The third-order valence-corrected chi connectivity index (χ3v) is 6.46. The Morgan fingerprint density at radius 1 is 1.06 bits per heavy atom. The number of ketones is 1. The zero-order valence-electron chi connectivity index (χ0n) is 16.4. The van der Waals surface area contributed by atoms with E-state index in [4.69, 9.17) is 4.42 Å². The number of benzene rings is 2. The van der Waals surface area contributed by atoms with Gasteiger partial charge >= 0.3 is 0 Å². The minimum atomic E-state index is -0.887. The van der Waals surface area contributed by atoms with Gasteiger partial charge in [0, 0.05) is 10.3 Å². The summed E-state index contributed by atoms with van der Waals surface area (Å²) in [7, 11) is 0. The first-order chi connectivity index (χ1) is 15.0. The molecule has 3 heterocycles. The van der Waals surface area contributed by atoms with Crippen LogP contribution in [-0.2, 0) is 4.79 Å². The molecule has 154 valence electrons. The molecular formula is C24H17NO5S. The fourth-order valence-electron chi connectivity index (χ4n) is 3.89. The summed E-state index contributed by atoms with van der Waals surface area (Å²) in [5.74, 6) is -2.06. The third-order valence-electron chi connectivity index (χ3n) is 5.39. The Morgan fingerprint density at radius 3 is 2.52 bits per heavy atom. The number of phenolic OH excluding ortho intramolecular Hbond substituents is 1. The lowest BCUT2D eigenvalue weighted by Crippen LogP contribution is -2.31. The third kappa shape index (κ3) is 2.93. The summed E-state index contributed by atoms with van der Waals surface area (Å²) in [6, 6.07) is 16.1. The zero-order chi connectivity index (χ0) is 21.7. The van der Waals surface area contributed by atoms with Crippen molar-refractivity contribution in [3.63, 3.8) is 0 Å². The Morgan fingerprint density at radius 2 is 1.81 bits per heavy atom. The van der Waals surface area contributed by atoms with Crippen LogP contribution in [-0.4, -0.2) is 21.9 Å². The van der Waals surface area contributed by atoms with Crippen LogP contribution in [0, 0.1) is 6.92 Å². The van der Waals surface area contributed by atoms with Crippen molar-refractivity contribution in [2.24, 2.45) is 0 Å². The van der Waals surface area contributed by atoms with E-state index in [2.05, 4.69) is 0 Å². The Labute approximate surface area is 181 Å². The van der Waals surface area contributed by atoms with Crippen molar-refractivity contribution in [3.8, 4) is 5.75 Å². The average molecular weight is 431 g/mol. The molecule has 1 amide bonds. The Hall–Kier alpha value is -3.84. The van der Waals surface area contributed by atoms with Crippen LogP contribution in [0.1, 0.15) is 27.0 Å². The summed E-state index contributed by atoms with van der Waals surface area (Å²) in [6.07, 6.45) is 0. The molecule has 1 unspecified atom stereocenters. The molecule has 5 rings (SSSR count). The molecule has 0 saturated heterocycles. The molecule has 2 aromatic carbocycles. The van der Waals surface area contributed by atoms with Crippen LogP contribution in [0.3, 0.4) is 0 Å². The van der Waals surface area contributed by atoms with Crippen LogP contribution in [0.5, 0.6) is 5.75 Å².